The maximum Gasteiger partial charge on any atom is 0.417 e. The van der Waals surface area contributed by atoms with Crippen LogP contribution in [0.5, 0.6) is 0 Å². The summed E-state index contributed by atoms with van der Waals surface area (Å²) in [6.45, 7) is 0.411. The number of carbonyl (C=O) groups is 1. The Labute approximate surface area is 169 Å². The van der Waals surface area contributed by atoms with Gasteiger partial charge in [-0.2, -0.15) is 18.3 Å². The molecule has 3 N–H and O–H groups in total. The van der Waals surface area contributed by atoms with Crippen LogP contribution in [-0.2, 0) is 17.4 Å². The fourth-order valence-electron chi connectivity index (χ4n) is 3.88. The zero-order chi connectivity index (χ0) is 21.5. The molecular weight excluding hydrogens is 402 g/mol. The van der Waals surface area contributed by atoms with Gasteiger partial charge in [0.25, 0.3) is 0 Å². The van der Waals surface area contributed by atoms with E-state index in [0.717, 1.165) is 18.9 Å². The van der Waals surface area contributed by atoms with Crippen LogP contribution in [0, 0.1) is 5.82 Å². The van der Waals surface area contributed by atoms with E-state index in [1.165, 1.54) is 24.3 Å². The number of aromatic nitrogens is 3. The van der Waals surface area contributed by atoms with Gasteiger partial charge in [-0.1, -0.05) is 12.1 Å². The normalized spacial score (nSPS) is 17.5. The van der Waals surface area contributed by atoms with Gasteiger partial charge in [-0.05, 0) is 43.0 Å². The molecule has 1 aliphatic rings. The molecule has 10 heteroatoms. The van der Waals surface area contributed by atoms with Gasteiger partial charge >= 0.3 is 6.18 Å². The number of pyridine rings is 1. The molecule has 2 aromatic heterocycles. The van der Waals surface area contributed by atoms with E-state index in [9.17, 15) is 22.4 Å². The highest BCUT2D eigenvalue weighted by Gasteiger charge is 2.37. The molecular formula is C20H19F4N5O. The molecule has 158 valence electrons. The van der Waals surface area contributed by atoms with E-state index in [1.54, 1.807) is 4.90 Å². The van der Waals surface area contributed by atoms with Crippen molar-refractivity contribution in [3.63, 3.8) is 0 Å². The lowest BCUT2D eigenvalue weighted by molar-refractivity contribution is -0.136. The van der Waals surface area contributed by atoms with Crippen LogP contribution >= 0.6 is 0 Å². The molecule has 1 amide bonds. The number of hydrogen-bond donors (Lipinski definition) is 2. The minimum absolute atomic E-state index is 0.0283. The smallest absolute Gasteiger partial charge is 0.383 e. The first-order valence-electron chi connectivity index (χ1n) is 9.49. The lowest BCUT2D eigenvalue weighted by Crippen LogP contribution is -2.39. The SMILES string of the molecule is Nc1[nH]nc2nc([C@H]3CCCCN3C(=O)Cc3ccc(F)cc3)cc(C(F)(F)F)c12. The van der Waals surface area contributed by atoms with Crippen molar-refractivity contribution < 1.29 is 22.4 Å². The number of rotatable bonds is 3. The first kappa shape index (κ1) is 20.1. The summed E-state index contributed by atoms with van der Waals surface area (Å²) in [5.74, 6) is -0.856. The average Bonchev–Trinajstić information content (AvgIpc) is 3.09. The second-order valence-corrected chi connectivity index (χ2v) is 7.33. The van der Waals surface area contributed by atoms with E-state index in [4.69, 9.17) is 5.73 Å². The molecule has 6 nitrogen and oxygen atoms in total. The van der Waals surface area contributed by atoms with Gasteiger partial charge in [0.15, 0.2) is 5.65 Å². The zero-order valence-corrected chi connectivity index (χ0v) is 15.8. The van der Waals surface area contributed by atoms with Gasteiger partial charge in [-0.3, -0.25) is 9.89 Å². The molecule has 4 rings (SSSR count). The third-order valence-corrected chi connectivity index (χ3v) is 5.31. The summed E-state index contributed by atoms with van der Waals surface area (Å²) in [7, 11) is 0. The van der Waals surface area contributed by atoms with Crippen molar-refractivity contribution in [3.05, 3.63) is 53.0 Å². The summed E-state index contributed by atoms with van der Waals surface area (Å²) in [4.78, 5) is 18.8. The highest BCUT2D eigenvalue weighted by atomic mass is 19.4. The molecule has 3 heterocycles. The predicted molar refractivity (Wildman–Crippen MR) is 102 cm³/mol. The molecule has 0 spiro atoms. The van der Waals surface area contributed by atoms with Crippen LogP contribution in [0.25, 0.3) is 11.0 Å². The number of likely N-dealkylation sites (tertiary alicyclic amines) is 1. The van der Waals surface area contributed by atoms with E-state index in [1.807, 2.05) is 0 Å². The third kappa shape index (κ3) is 3.81. The largest absolute Gasteiger partial charge is 0.417 e. The van der Waals surface area contributed by atoms with Crippen molar-refractivity contribution in [2.45, 2.75) is 37.9 Å². The van der Waals surface area contributed by atoms with Crippen LogP contribution < -0.4 is 5.73 Å². The summed E-state index contributed by atoms with van der Waals surface area (Å²) < 4.78 is 54.1. The van der Waals surface area contributed by atoms with Crippen LogP contribution in [0.15, 0.2) is 30.3 Å². The van der Waals surface area contributed by atoms with Crippen LogP contribution in [-0.4, -0.2) is 32.5 Å². The number of anilines is 1. The number of nitrogens with two attached hydrogens (primary N) is 1. The first-order chi connectivity index (χ1) is 14.2. The molecule has 0 radical (unpaired) electrons. The average molecular weight is 421 g/mol. The monoisotopic (exact) mass is 421 g/mol. The molecule has 30 heavy (non-hydrogen) atoms. The quantitative estimate of drug-likeness (QED) is 0.626. The lowest BCUT2D eigenvalue weighted by atomic mass is 9.96. The number of alkyl halides is 3. The Kier molecular flexibility index (Phi) is 5.08. The van der Waals surface area contributed by atoms with Crippen molar-refractivity contribution in [3.8, 4) is 0 Å². The van der Waals surface area contributed by atoms with E-state index in [0.29, 0.717) is 18.5 Å². The highest BCUT2D eigenvalue weighted by molar-refractivity contribution is 5.90. The second-order valence-electron chi connectivity index (χ2n) is 7.33. The van der Waals surface area contributed by atoms with E-state index < -0.39 is 23.6 Å². The molecule has 0 saturated carbocycles. The summed E-state index contributed by atoms with van der Waals surface area (Å²) in [6, 6.07) is 5.93. The van der Waals surface area contributed by atoms with Crippen molar-refractivity contribution in [2.75, 3.05) is 12.3 Å². The van der Waals surface area contributed by atoms with Gasteiger partial charge in [0.1, 0.15) is 11.6 Å². The number of nitrogens with one attached hydrogen (secondary N) is 1. The Morgan fingerprint density at radius 1 is 1.23 bits per heavy atom. The van der Waals surface area contributed by atoms with Crippen LogP contribution in [0.1, 0.15) is 42.1 Å². The van der Waals surface area contributed by atoms with Crippen molar-refractivity contribution in [1.82, 2.24) is 20.1 Å². The molecule has 0 aliphatic carbocycles. The number of fused-ring (bicyclic) bond motifs is 1. The summed E-state index contributed by atoms with van der Waals surface area (Å²) in [5.41, 5.74) is 5.33. The molecule has 1 aromatic carbocycles. The fourth-order valence-corrected chi connectivity index (χ4v) is 3.88. The van der Waals surface area contributed by atoms with Gasteiger partial charge in [0, 0.05) is 6.54 Å². The standard InChI is InChI=1S/C20H19F4N5O/c21-12-6-4-11(5-7-12)9-16(30)29-8-2-1-3-15(29)14-10-13(20(22,23)24)17-18(25)27-28-19(17)26-14/h4-7,10,15H,1-3,8-9H2,(H3,25,26,27,28)/t15-/m1/s1. The molecule has 1 saturated heterocycles. The summed E-state index contributed by atoms with van der Waals surface area (Å²) >= 11 is 0. The Bertz CT molecular complexity index is 1080. The molecule has 0 unspecified atom stereocenters. The summed E-state index contributed by atoms with van der Waals surface area (Å²) in [6.07, 6.45) is -2.62. The molecule has 1 atom stereocenters. The Morgan fingerprint density at radius 2 is 1.97 bits per heavy atom. The van der Waals surface area contributed by atoms with Crippen LogP contribution in [0.3, 0.4) is 0 Å². The topological polar surface area (TPSA) is 87.9 Å². The number of piperidine rings is 1. The summed E-state index contributed by atoms with van der Waals surface area (Å²) in [5, 5.41) is 5.87. The number of halogens is 4. The number of benzene rings is 1. The van der Waals surface area contributed by atoms with Crippen molar-refractivity contribution >= 4 is 22.8 Å². The van der Waals surface area contributed by atoms with Gasteiger partial charge in [0.05, 0.1) is 29.1 Å². The number of amides is 1. The predicted octanol–water partition coefficient (Wildman–Crippen LogP) is 3.99. The molecule has 1 aliphatic heterocycles. The maximum absolute atomic E-state index is 13.7. The van der Waals surface area contributed by atoms with E-state index >= 15 is 0 Å². The first-order valence-corrected chi connectivity index (χ1v) is 9.49. The number of carbonyl (C=O) groups excluding carboxylic acids is 1. The van der Waals surface area contributed by atoms with Crippen molar-refractivity contribution in [1.29, 1.82) is 0 Å². The van der Waals surface area contributed by atoms with E-state index in [-0.39, 0.29) is 34.9 Å². The highest BCUT2D eigenvalue weighted by Crippen LogP contribution is 2.39. The van der Waals surface area contributed by atoms with Crippen LogP contribution in [0.4, 0.5) is 23.4 Å². The van der Waals surface area contributed by atoms with Gasteiger partial charge < -0.3 is 10.6 Å². The zero-order valence-electron chi connectivity index (χ0n) is 15.8. The third-order valence-electron chi connectivity index (χ3n) is 5.31. The minimum atomic E-state index is -4.65. The minimum Gasteiger partial charge on any atom is -0.383 e. The number of aromatic amines is 1. The number of nitrogen functional groups attached to an aromatic ring is 1. The second kappa shape index (κ2) is 7.58. The van der Waals surface area contributed by atoms with Gasteiger partial charge in [-0.15, -0.1) is 0 Å². The number of H-pyrrole nitrogens is 1. The molecule has 0 bridgehead atoms. The van der Waals surface area contributed by atoms with E-state index in [2.05, 4.69) is 15.2 Å². The fraction of sp³-hybridized carbons (Fsp3) is 0.350. The maximum atomic E-state index is 13.7. The van der Waals surface area contributed by atoms with Crippen molar-refractivity contribution in [2.24, 2.45) is 0 Å². The van der Waals surface area contributed by atoms with Gasteiger partial charge in [0.2, 0.25) is 5.91 Å². The molecule has 3 aromatic rings. The Balaban J connectivity index is 1.69. The number of nitrogens with zero attached hydrogens (tertiary/aromatic N) is 3. The number of hydrogen-bond acceptors (Lipinski definition) is 4. The Hall–Kier alpha value is -3.17. The Morgan fingerprint density at radius 3 is 2.67 bits per heavy atom. The lowest BCUT2D eigenvalue weighted by Gasteiger charge is -2.35. The van der Waals surface area contributed by atoms with Crippen LogP contribution in [0.2, 0.25) is 0 Å². The van der Waals surface area contributed by atoms with Gasteiger partial charge in [-0.25, -0.2) is 9.37 Å². The molecule has 1 fully saturated rings.